The molecule has 5 nitrogen and oxygen atoms in total. The number of hydrogen-bond acceptors (Lipinski definition) is 5. The van der Waals surface area contributed by atoms with E-state index in [-0.39, 0.29) is 11.3 Å². The van der Waals surface area contributed by atoms with E-state index in [4.69, 9.17) is 5.73 Å². The lowest BCUT2D eigenvalue weighted by Gasteiger charge is -2.25. The first-order valence-electron chi connectivity index (χ1n) is 7.20. The van der Waals surface area contributed by atoms with Gasteiger partial charge in [-0.3, -0.25) is 10.1 Å². The molecule has 3 N–H and O–H groups in total. The quantitative estimate of drug-likeness (QED) is 0.908. The first-order chi connectivity index (χ1) is 10.3. The summed E-state index contributed by atoms with van der Waals surface area (Å²) in [6.45, 7) is 7.85. The molecule has 0 unspecified atom stereocenters. The van der Waals surface area contributed by atoms with Crippen molar-refractivity contribution in [3.63, 3.8) is 0 Å². The molecule has 1 aromatic carbocycles. The van der Waals surface area contributed by atoms with Crippen LogP contribution in [0.4, 0.5) is 5.13 Å². The van der Waals surface area contributed by atoms with E-state index in [0.717, 1.165) is 5.01 Å². The fraction of sp³-hybridized carbons (Fsp3) is 0.438. The van der Waals surface area contributed by atoms with E-state index >= 15 is 0 Å². The van der Waals surface area contributed by atoms with Crippen LogP contribution in [0.1, 0.15) is 36.9 Å². The molecule has 0 saturated carbocycles. The van der Waals surface area contributed by atoms with Gasteiger partial charge in [-0.05, 0) is 17.9 Å². The van der Waals surface area contributed by atoms with Crippen molar-refractivity contribution in [3.05, 3.63) is 40.4 Å². The number of nitrogens with zero attached hydrogens (tertiary/aromatic N) is 2. The number of benzene rings is 1. The second-order valence-electron chi connectivity index (χ2n) is 6.50. The molecule has 1 aromatic heterocycles. The molecule has 0 spiro atoms. The van der Waals surface area contributed by atoms with Crippen molar-refractivity contribution in [3.8, 4) is 0 Å². The van der Waals surface area contributed by atoms with Crippen LogP contribution in [0.15, 0.2) is 24.3 Å². The summed E-state index contributed by atoms with van der Waals surface area (Å²) in [7, 11) is 0. The second kappa shape index (κ2) is 6.54. The van der Waals surface area contributed by atoms with E-state index < -0.39 is 6.04 Å². The molecule has 1 atom stereocenters. The molecule has 1 heterocycles. The molecule has 0 radical (unpaired) electrons. The van der Waals surface area contributed by atoms with Crippen molar-refractivity contribution < 1.29 is 4.79 Å². The Morgan fingerprint density at radius 1 is 1.27 bits per heavy atom. The van der Waals surface area contributed by atoms with Crippen LogP contribution in [0.2, 0.25) is 0 Å². The summed E-state index contributed by atoms with van der Waals surface area (Å²) in [5, 5.41) is 12.2. The lowest BCUT2D eigenvalue weighted by Crippen LogP contribution is -2.45. The fourth-order valence-corrected chi connectivity index (χ4v) is 2.61. The van der Waals surface area contributed by atoms with E-state index in [9.17, 15) is 4.79 Å². The molecule has 6 heteroatoms. The van der Waals surface area contributed by atoms with Gasteiger partial charge in [0.25, 0.3) is 0 Å². The summed E-state index contributed by atoms with van der Waals surface area (Å²) in [4.78, 5) is 12.1. The van der Waals surface area contributed by atoms with Crippen LogP contribution in [0.5, 0.6) is 0 Å². The van der Waals surface area contributed by atoms with Crippen LogP contribution in [-0.4, -0.2) is 22.1 Å². The van der Waals surface area contributed by atoms with Gasteiger partial charge in [-0.1, -0.05) is 61.9 Å². The molecule has 0 aliphatic rings. The zero-order valence-corrected chi connectivity index (χ0v) is 14.2. The van der Waals surface area contributed by atoms with Gasteiger partial charge in [0.1, 0.15) is 5.01 Å². The van der Waals surface area contributed by atoms with Crippen molar-refractivity contribution in [2.24, 2.45) is 11.1 Å². The molecule has 0 bridgehead atoms. The normalized spacial score (nSPS) is 13.0. The zero-order valence-electron chi connectivity index (χ0n) is 13.4. The summed E-state index contributed by atoms with van der Waals surface area (Å²) in [6, 6.07) is 7.70. The molecule has 22 heavy (non-hydrogen) atoms. The Hall–Kier alpha value is -1.79. The van der Waals surface area contributed by atoms with Crippen molar-refractivity contribution in [1.29, 1.82) is 0 Å². The lowest BCUT2D eigenvalue weighted by molar-refractivity contribution is -0.119. The average molecular weight is 318 g/mol. The number of anilines is 1. The van der Waals surface area contributed by atoms with Gasteiger partial charge in [-0.25, -0.2) is 0 Å². The van der Waals surface area contributed by atoms with Crippen LogP contribution in [0, 0.1) is 12.3 Å². The highest BCUT2D eigenvalue weighted by molar-refractivity contribution is 7.15. The second-order valence-corrected chi connectivity index (χ2v) is 7.56. The number of carbonyl (C=O) groups is 1. The van der Waals surface area contributed by atoms with Crippen LogP contribution >= 0.6 is 11.3 Å². The topological polar surface area (TPSA) is 80.9 Å². The summed E-state index contributed by atoms with van der Waals surface area (Å²) in [6.07, 6.45) is 0.707. The maximum atomic E-state index is 12.1. The number of aromatic nitrogens is 2. The average Bonchev–Trinajstić information content (AvgIpc) is 2.86. The molecule has 118 valence electrons. The summed E-state index contributed by atoms with van der Waals surface area (Å²) in [5.74, 6) is -0.231. The van der Waals surface area contributed by atoms with E-state index in [1.165, 1.54) is 22.5 Å². The maximum absolute atomic E-state index is 12.1. The van der Waals surface area contributed by atoms with Gasteiger partial charge in [0.15, 0.2) is 0 Å². The Labute approximate surface area is 135 Å². The van der Waals surface area contributed by atoms with Gasteiger partial charge in [-0.2, -0.15) is 0 Å². The van der Waals surface area contributed by atoms with E-state index in [1.54, 1.807) is 0 Å². The fourth-order valence-electron chi connectivity index (χ4n) is 1.83. The van der Waals surface area contributed by atoms with Gasteiger partial charge in [0, 0.05) is 6.42 Å². The van der Waals surface area contributed by atoms with E-state index in [2.05, 4.69) is 46.7 Å². The molecular weight excluding hydrogens is 296 g/mol. The van der Waals surface area contributed by atoms with Crippen molar-refractivity contribution in [1.82, 2.24) is 10.2 Å². The number of nitrogens with one attached hydrogen (secondary N) is 1. The first kappa shape index (κ1) is 16.6. The largest absolute Gasteiger partial charge is 0.319 e. The summed E-state index contributed by atoms with van der Waals surface area (Å²) in [5.41, 5.74) is 8.04. The zero-order chi connectivity index (χ0) is 16.3. The molecule has 0 fully saturated rings. The predicted molar refractivity (Wildman–Crippen MR) is 90.0 cm³/mol. The molecule has 0 aliphatic heterocycles. The van der Waals surface area contributed by atoms with Crippen molar-refractivity contribution >= 4 is 22.4 Å². The Morgan fingerprint density at radius 2 is 1.91 bits per heavy atom. The van der Waals surface area contributed by atoms with Crippen LogP contribution in [0.25, 0.3) is 0 Å². The minimum atomic E-state index is -0.586. The number of hydrogen-bond donors (Lipinski definition) is 2. The first-order valence-corrected chi connectivity index (χ1v) is 8.02. The highest BCUT2D eigenvalue weighted by atomic mass is 32.1. The summed E-state index contributed by atoms with van der Waals surface area (Å²) < 4.78 is 0. The van der Waals surface area contributed by atoms with Gasteiger partial charge in [0.2, 0.25) is 11.0 Å². The number of aryl methyl sites for hydroxylation is 1. The third-order valence-corrected chi connectivity index (χ3v) is 4.23. The van der Waals surface area contributed by atoms with Crippen molar-refractivity contribution in [2.45, 2.75) is 40.2 Å². The molecule has 0 saturated heterocycles. The van der Waals surface area contributed by atoms with Crippen LogP contribution in [0.3, 0.4) is 0 Å². The lowest BCUT2D eigenvalue weighted by atomic mass is 9.87. The van der Waals surface area contributed by atoms with Crippen LogP contribution < -0.4 is 11.1 Å². The van der Waals surface area contributed by atoms with Gasteiger partial charge in [0.05, 0.1) is 6.04 Å². The Morgan fingerprint density at radius 3 is 2.50 bits per heavy atom. The predicted octanol–water partition coefficient (Wildman–Crippen LogP) is 2.75. The standard InChI is InChI=1S/C16H22N4OS/c1-10-5-7-11(8-6-10)9-12-19-20-15(22-12)18-14(21)13(17)16(2,3)4/h5-8,13H,9,17H2,1-4H3,(H,18,20,21)/t13-/m1/s1. The highest BCUT2D eigenvalue weighted by Crippen LogP contribution is 2.22. The highest BCUT2D eigenvalue weighted by Gasteiger charge is 2.28. The van der Waals surface area contributed by atoms with E-state index in [1.807, 2.05) is 20.8 Å². The molecule has 1 amide bonds. The van der Waals surface area contributed by atoms with Crippen molar-refractivity contribution in [2.75, 3.05) is 5.32 Å². The molecule has 2 aromatic rings. The number of carbonyl (C=O) groups excluding carboxylic acids is 1. The minimum Gasteiger partial charge on any atom is -0.319 e. The van der Waals surface area contributed by atoms with Crippen LogP contribution in [-0.2, 0) is 11.2 Å². The number of rotatable bonds is 4. The molecule has 0 aliphatic carbocycles. The third kappa shape index (κ3) is 4.35. The van der Waals surface area contributed by atoms with Gasteiger partial charge < -0.3 is 5.73 Å². The third-order valence-electron chi connectivity index (χ3n) is 3.39. The Bertz CT molecular complexity index is 643. The monoisotopic (exact) mass is 318 g/mol. The van der Waals surface area contributed by atoms with Gasteiger partial charge in [-0.15, -0.1) is 10.2 Å². The Kier molecular flexibility index (Phi) is 4.93. The summed E-state index contributed by atoms with van der Waals surface area (Å²) >= 11 is 1.38. The SMILES string of the molecule is Cc1ccc(Cc2nnc(NC(=O)[C@@H](N)C(C)(C)C)s2)cc1. The van der Waals surface area contributed by atoms with Gasteiger partial charge >= 0.3 is 0 Å². The Balaban J connectivity index is 1.99. The number of amides is 1. The van der Waals surface area contributed by atoms with E-state index in [0.29, 0.717) is 11.6 Å². The maximum Gasteiger partial charge on any atom is 0.243 e. The molecular formula is C16H22N4OS. The number of nitrogens with two attached hydrogens (primary N) is 1. The minimum absolute atomic E-state index is 0.231. The smallest absolute Gasteiger partial charge is 0.243 e. The molecule has 2 rings (SSSR count).